The van der Waals surface area contributed by atoms with Gasteiger partial charge in [-0.1, -0.05) is 32.6 Å². The van der Waals surface area contributed by atoms with Gasteiger partial charge in [-0.3, -0.25) is 0 Å². The average molecular weight is 238 g/mol. The van der Waals surface area contributed by atoms with E-state index in [2.05, 4.69) is 17.1 Å². The predicted octanol–water partition coefficient (Wildman–Crippen LogP) is 2.89. The monoisotopic (exact) mass is 238 g/mol. The first-order valence-electron chi connectivity index (χ1n) is 7.81. The zero-order valence-electron chi connectivity index (χ0n) is 11.6. The van der Waals surface area contributed by atoms with Gasteiger partial charge in [0, 0.05) is 0 Å². The standard InChI is InChI=1S/C15H30N2/c1-2-16-13-15-8-11-17(12-9-15)10-7-14-5-3-4-6-14/h14-16H,2-13H2,1H3. The Balaban J connectivity index is 1.55. The van der Waals surface area contributed by atoms with Crippen molar-refractivity contribution >= 4 is 0 Å². The molecule has 1 saturated carbocycles. The minimum atomic E-state index is 0.942. The zero-order valence-corrected chi connectivity index (χ0v) is 11.6. The van der Waals surface area contributed by atoms with Crippen molar-refractivity contribution < 1.29 is 0 Å². The van der Waals surface area contributed by atoms with E-state index in [0.717, 1.165) is 18.4 Å². The maximum absolute atomic E-state index is 3.49. The lowest BCUT2D eigenvalue weighted by Gasteiger charge is -2.32. The Kier molecular flexibility index (Phi) is 5.79. The first kappa shape index (κ1) is 13.4. The van der Waals surface area contributed by atoms with Crippen molar-refractivity contribution in [3.63, 3.8) is 0 Å². The molecule has 2 aliphatic rings. The minimum Gasteiger partial charge on any atom is -0.317 e. The third-order valence-corrected chi connectivity index (χ3v) is 4.72. The zero-order chi connectivity index (χ0) is 11.9. The van der Waals surface area contributed by atoms with Crippen LogP contribution in [0.4, 0.5) is 0 Å². The summed E-state index contributed by atoms with van der Waals surface area (Å²) in [7, 11) is 0. The molecule has 0 unspecified atom stereocenters. The lowest BCUT2D eigenvalue weighted by atomic mass is 9.96. The molecular formula is C15H30N2. The third-order valence-electron chi connectivity index (χ3n) is 4.72. The van der Waals surface area contributed by atoms with Gasteiger partial charge in [-0.2, -0.15) is 0 Å². The van der Waals surface area contributed by atoms with Crippen molar-refractivity contribution in [2.75, 3.05) is 32.7 Å². The number of hydrogen-bond acceptors (Lipinski definition) is 2. The Labute approximate surface area is 107 Å². The van der Waals surface area contributed by atoms with Crippen molar-refractivity contribution in [1.82, 2.24) is 10.2 Å². The van der Waals surface area contributed by atoms with Crippen LogP contribution >= 0.6 is 0 Å². The van der Waals surface area contributed by atoms with E-state index in [-0.39, 0.29) is 0 Å². The molecule has 1 N–H and O–H groups in total. The number of nitrogens with zero attached hydrogens (tertiary/aromatic N) is 1. The van der Waals surface area contributed by atoms with Crippen LogP contribution in [0.5, 0.6) is 0 Å². The van der Waals surface area contributed by atoms with E-state index in [1.165, 1.54) is 71.1 Å². The van der Waals surface area contributed by atoms with Crippen LogP contribution in [0.2, 0.25) is 0 Å². The molecule has 2 nitrogen and oxygen atoms in total. The molecule has 1 heterocycles. The highest BCUT2D eigenvalue weighted by atomic mass is 15.1. The number of rotatable bonds is 6. The minimum absolute atomic E-state index is 0.942. The molecule has 0 bridgehead atoms. The second-order valence-electron chi connectivity index (χ2n) is 6.03. The second-order valence-corrected chi connectivity index (χ2v) is 6.03. The number of likely N-dealkylation sites (tertiary alicyclic amines) is 1. The molecule has 0 spiro atoms. The third kappa shape index (κ3) is 4.59. The summed E-state index contributed by atoms with van der Waals surface area (Å²) in [5.41, 5.74) is 0. The fourth-order valence-corrected chi connectivity index (χ4v) is 3.43. The number of nitrogens with one attached hydrogen (secondary N) is 1. The van der Waals surface area contributed by atoms with Crippen molar-refractivity contribution in [3.05, 3.63) is 0 Å². The number of piperidine rings is 1. The Morgan fingerprint density at radius 2 is 1.71 bits per heavy atom. The predicted molar refractivity (Wildman–Crippen MR) is 74.3 cm³/mol. The van der Waals surface area contributed by atoms with Crippen LogP contribution in [0, 0.1) is 11.8 Å². The SMILES string of the molecule is CCNCC1CCN(CCC2CCCC2)CC1. The molecule has 100 valence electrons. The van der Waals surface area contributed by atoms with Crippen molar-refractivity contribution in [2.24, 2.45) is 11.8 Å². The van der Waals surface area contributed by atoms with Gasteiger partial charge in [0.1, 0.15) is 0 Å². The van der Waals surface area contributed by atoms with Crippen LogP contribution < -0.4 is 5.32 Å². The van der Waals surface area contributed by atoms with Gasteiger partial charge in [0.2, 0.25) is 0 Å². The Hall–Kier alpha value is -0.0800. The lowest BCUT2D eigenvalue weighted by molar-refractivity contribution is 0.173. The quantitative estimate of drug-likeness (QED) is 0.765. The summed E-state index contributed by atoms with van der Waals surface area (Å²) < 4.78 is 0. The van der Waals surface area contributed by atoms with Gasteiger partial charge in [-0.25, -0.2) is 0 Å². The Morgan fingerprint density at radius 1 is 1.00 bits per heavy atom. The summed E-state index contributed by atoms with van der Waals surface area (Å²) in [4.78, 5) is 2.71. The molecule has 1 aliphatic heterocycles. The molecule has 1 saturated heterocycles. The van der Waals surface area contributed by atoms with E-state index in [9.17, 15) is 0 Å². The van der Waals surface area contributed by atoms with Gasteiger partial charge in [-0.15, -0.1) is 0 Å². The van der Waals surface area contributed by atoms with E-state index >= 15 is 0 Å². The molecule has 0 atom stereocenters. The van der Waals surface area contributed by atoms with Crippen LogP contribution in [0.25, 0.3) is 0 Å². The lowest BCUT2D eigenvalue weighted by Crippen LogP contribution is -2.38. The summed E-state index contributed by atoms with van der Waals surface area (Å²) >= 11 is 0. The molecule has 0 aromatic rings. The van der Waals surface area contributed by atoms with E-state index in [1.54, 1.807) is 0 Å². The fourth-order valence-electron chi connectivity index (χ4n) is 3.43. The van der Waals surface area contributed by atoms with Crippen LogP contribution in [-0.2, 0) is 0 Å². The topological polar surface area (TPSA) is 15.3 Å². The fraction of sp³-hybridized carbons (Fsp3) is 1.00. The Bertz CT molecular complexity index is 191. The Morgan fingerprint density at radius 3 is 2.35 bits per heavy atom. The first-order chi connectivity index (χ1) is 8.38. The van der Waals surface area contributed by atoms with Crippen LogP contribution in [0.3, 0.4) is 0 Å². The molecule has 2 rings (SSSR count). The maximum Gasteiger partial charge on any atom is -0.00156 e. The van der Waals surface area contributed by atoms with Crippen molar-refractivity contribution in [2.45, 2.75) is 51.9 Å². The van der Waals surface area contributed by atoms with Gasteiger partial charge in [0.25, 0.3) is 0 Å². The van der Waals surface area contributed by atoms with E-state index in [4.69, 9.17) is 0 Å². The molecule has 0 amide bonds. The summed E-state index contributed by atoms with van der Waals surface area (Å²) in [6.07, 6.45) is 10.3. The van der Waals surface area contributed by atoms with Gasteiger partial charge >= 0.3 is 0 Å². The molecule has 1 aliphatic carbocycles. The van der Waals surface area contributed by atoms with Crippen LogP contribution in [0.15, 0.2) is 0 Å². The summed E-state index contributed by atoms with van der Waals surface area (Å²) in [6.45, 7) is 8.65. The first-order valence-corrected chi connectivity index (χ1v) is 7.81. The van der Waals surface area contributed by atoms with Crippen LogP contribution in [0.1, 0.15) is 51.9 Å². The molecule has 2 heteroatoms. The van der Waals surface area contributed by atoms with Gasteiger partial charge in [-0.05, 0) is 63.8 Å². The van der Waals surface area contributed by atoms with Gasteiger partial charge < -0.3 is 10.2 Å². The highest BCUT2D eigenvalue weighted by Gasteiger charge is 2.20. The molecule has 17 heavy (non-hydrogen) atoms. The second kappa shape index (κ2) is 7.38. The largest absolute Gasteiger partial charge is 0.317 e. The molecular weight excluding hydrogens is 208 g/mol. The van der Waals surface area contributed by atoms with Crippen molar-refractivity contribution in [1.29, 1.82) is 0 Å². The normalized spacial score (nSPS) is 24.5. The van der Waals surface area contributed by atoms with Gasteiger partial charge in [0.15, 0.2) is 0 Å². The van der Waals surface area contributed by atoms with E-state index in [0.29, 0.717) is 0 Å². The molecule has 0 aromatic heterocycles. The van der Waals surface area contributed by atoms with E-state index < -0.39 is 0 Å². The maximum atomic E-state index is 3.49. The summed E-state index contributed by atoms with van der Waals surface area (Å²) in [6, 6.07) is 0. The highest BCUT2D eigenvalue weighted by Crippen LogP contribution is 2.28. The smallest absolute Gasteiger partial charge is 0.00156 e. The highest BCUT2D eigenvalue weighted by molar-refractivity contribution is 4.75. The van der Waals surface area contributed by atoms with Gasteiger partial charge in [0.05, 0.1) is 0 Å². The van der Waals surface area contributed by atoms with E-state index in [1.807, 2.05) is 0 Å². The average Bonchev–Trinajstić information content (AvgIpc) is 2.88. The summed E-state index contributed by atoms with van der Waals surface area (Å²) in [5, 5.41) is 3.49. The summed E-state index contributed by atoms with van der Waals surface area (Å²) in [5.74, 6) is 2.01. The molecule has 0 aromatic carbocycles. The molecule has 2 fully saturated rings. The molecule has 0 radical (unpaired) electrons. The van der Waals surface area contributed by atoms with Crippen LogP contribution in [-0.4, -0.2) is 37.6 Å². The van der Waals surface area contributed by atoms with Crippen molar-refractivity contribution in [3.8, 4) is 0 Å². The number of hydrogen-bond donors (Lipinski definition) is 1.